The number of anilines is 1. The first-order valence-electron chi connectivity index (χ1n) is 8.23. The van der Waals surface area contributed by atoms with Crippen molar-refractivity contribution in [2.24, 2.45) is 0 Å². The number of benzene rings is 2. The van der Waals surface area contributed by atoms with Crippen LogP contribution in [0.5, 0.6) is 0 Å². The van der Waals surface area contributed by atoms with Gasteiger partial charge in [0, 0.05) is 12.5 Å². The molecule has 1 heterocycles. The molecule has 0 aliphatic rings. The van der Waals surface area contributed by atoms with Gasteiger partial charge in [-0.15, -0.1) is 10.2 Å². The van der Waals surface area contributed by atoms with Crippen LogP contribution >= 0.6 is 11.3 Å². The normalized spacial score (nSPS) is 11.7. The predicted molar refractivity (Wildman–Crippen MR) is 101 cm³/mol. The topological polar surface area (TPSA) is 66.9 Å². The predicted octanol–water partition coefficient (Wildman–Crippen LogP) is 4.40. The van der Waals surface area contributed by atoms with E-state index in [0.29, 0.717) is 11.7 Å². The largest absolute Gasteiger partial charge is 0.334 e. The van der Waals surface area contributed by atoms with Crippen LogP contribution in [0.15, 0.2) is 60.7 Å². The molecule has 0 aliphatic heterocycles. The molecule has 0 bridgehead atoms. The molecule has 1 unspecified atom stereocenters. The third-order valence-corrected chi connectivity index (χ3v) is 4.82. The highest BCUT2D eigenvalue weighted by Gasteiger charge is 2.17. The third-order valence-electron chi connectivity index (χ3n) is 3.87. The van der Waals surface area contributed by atoms with E-state index >= 15 is 0 Å². The Bertz CT molecular complexity index is 805. The van der Waals surface area contributed by atoms with Crippen LogP contribution < -0.4 is 10.6 Å². The van der Waals surface area contributed by atoms with Crippen molar-refractivity contribution in [2.45, 2.75) is 25.8 Å². The molecule has 128 valence electrons. The van der Waals surface area contributed by atoms with E-state index in [0.717, 1.165) is 17.0 Å². The molecule has 1 atom stereocenters. The number of nitrogens with one attached hydrogen (secondary N) is 2. The number of rotatable bonds is 6. The number of carbonyl (C=O) groups excluding carboxylic acids is 1. The van der Waals surface area contributed by atoms with Gasteiger partial charge in [-0.1, -0.05) is 78.9 Å². The zero-order valence-corrected chi connectivity index (χ0v) is 14.8. The molecule has 0 saturated carbocycles. The van der Waals surface area contributed by atoms with Crippen molar-refractivity contribution in [1.82, 2.24) is 15.5 Å². The van der Waals surface area contributed by atoms with Crippen LogP contribution in [0.4, 0.5) is 9.93 Å². The van der Waals surface area contributed by atoms with Crippen LogP contribution in [-0.4, -0.2) is 16.2 Å². The van der Waals surface area contributed by atoms with Crippen LogP contribution in [-0.2, 0) is 6.54 Å². The molecule has 6 heteroatoms. The zero-order chi connectivity index (χ0) is 17.5. The molecular formula is C19H20N4OS. The summed E-state index contributed by atoms with van der Waals surface area (Å²) < 4.78 is 0. The zero-order valence-electron chi connectivity index (χ0n) is 14.0. The van der Waals surface area contributed by atoms with Gasteiger partial charge >= 0.3 is 6.03 Å². The number of amides is 2. The Hall–Kier alpha value is -2.73. The summed E-state index contributed by atoms with van der Waals surface area (Å²) in [5.74, 6) is 0.196. The van der Waals surface area contributed by atoms with Gasteiger partial charge < -0.3 is 5.32 Å². The molecule has 0 radical (unpaired) electrons. The molecule has 5 nitrogen and oxygen atoms in total. The number of aromatic nitrogens is 2. The lowest BCUT2D eigenvalue weighted by Crippen LogP contribution is -2.28. The summed E-state index contributed by atoms with van der Waals surface area (Å²) in [6, 6.07) is 19.7. The van der Waals surface area contributed by atoms with E-state index in [-0.39, 0.29) is 11.9 Å². The quantitative estimate of drug-likeness (QED) is 0.691. The van der Waals surface area contributed by atoms with E-state index in [9.17, 15) is 4.79 Å². The van der Waals surface area contributed by atoms with Gasteiger partial charge in [0.25, 0.3) is 0 Å². The van der Waals surface area contributed by atoms with Crippen LogP contribution in [0.3, 0.4) is 0 Å². The summed E-state index contributed by atoms with van der Waals surface area (Å²) in [6.45, 7) is 2.60. The van der Waals surface area contributed by atoms with E-state index in [1.165, 1.54) is 16.9 Å². The number of urea groups is 1. The van der Waals surface area contributed by atoms with Gasteiger partial charge in [0.05, 0.1) is 0 Å². The fourth-order valence-corrected chi connectivity index (χ4v) is 3.53. The van der Waals surface area contributed by atoms with Gasteiger partial charge in [-0.25, -0.2) is 4.79 Å². The monoisotopic (exact) mass is 352 g/mol. The lowest BCUT2D eigenvalue weighted by atomic mass is 9.97. The summed E-state index contributed by atoms with van der Waals surface area (Å²) in [5.41, 5.74) is 2.26. The van der Waals surface area contributed by atoms with Crippen molar-refractivity contribution in [3.63, 3.8) is 0 Å². The molecular weight excluding hydrogens is 332 g/mol. The van der Waals surface area contributed by atoms with Gasteiger partial charge in [-0.2, -0.15) is 0 Å². The van der Waals surface area contributed by atoms with Gasteiger partial charge in [-0.3, -0.25) is 5.32 Å². The Morgan fingerprint density at radius 1 is 1.04 bits per heavy atom. The van der Waals surface area contributed by atoms with E-state index in [4.69, 9.17) is 0 Å². The molecule has 0 spiro atoms. The van der Waals surface area contributed by atoms with Crippen molar-refractivity contribution in [2.75, 3.05) is 5.32 Å². The van der Waals surface area contributed by atoms with E-state index < -0.39 is 0 Å². The molecule has 25 heavy (non-hydrogen) atoms. The van der Waals surface area contributed by atoms with E-state index in [2.05, 4.69) is 39.9 Å². The minimum Gasteiger partial charge on any atom is -0.334 e. The first-order valence-corrected chi connectivity index (χ1v) is 9.05. The first kappa shape index (κ1) is 17.1. The van der Waals surface area contributed by atoms with E-state index in [1.807, 2.05) is 48.5 Å². The Morgan fingerprint density at radius 3 is 2.40 bits per heavy atom. The van der Waals surface area contributed by atoms with Crippen LogP contribution in [0, 0.1) is 0 Å². The second-order valence-electron chi connectivity index (χ2n) is 5.61. The molecule has 3 aromatic rings. The highest BCUT2D eigenvalue weighted by Crippen LogP contribution is 2.31. The smallest absolute Gasteiger partial charge is 0.321 e. The molecule has 1 aromatic heterocycles. The minimum absolute atomic E-state index is 0.196. The summed E-state index contributed by atoms with van der Waals surface area (Å²) in [7, 11) is 0. The third kappa shape index (κ3) is 4.64. The number of hydrogen-bond acceptors (Lipinski definition) is 4. The number of nitrogens with zero attached hydrogens (tertiary/aromatic N) is 2. The SMILES string of the molecule is CCC(c1ccccc1)c1nnc(NC(=O)NCc2ccccc2)s1. The molecule has 2 N–H and O–H groups in total. The second-order valence-corrected chi connectivity index (χ2v) is 6.62. The fourth-order valence-electron chi connectivity index (χ4n) is 2.58. The average molecular weight is 352 g/mol. The van der Waals surface area contributed by atoms with Gasteiger partial charge in [0.2, 0.25) is 5.13 Å². The maximum Gasteiger partial charge on any atom is 0.321 e. The highest BCUT2D eigenvalue weighted by atomic mass is 32.1. The van der Waals surface area contributed by atoms with Crippen molar-refractivity contribution in [3.8, 4) is 0 Å². The van der Waals surface area contributed by atoms with Crippen molar-refractivity contribution in [3.05, 3.63) is 76.8 Å². The fraction of sp³-hybridized carbons (Fsp3) is 0.211. The molecule has 3 rings (SSSR count). The Balaban J connectivity index is 1.60. The molecule has 2 aromatic carbocycles. The molecule has 0 saturated heterocycles. The average Bonchev–Trinajstić information content (AvgIpc) is 3.10. The summed E-state index contributed by atoms with van der Waals surface area (Å²) in [5, 5.41) is 15.4. The maximum absolute atomic E-state index is 12.0. The lowest BCUT2D eigenvalue weighted by Gasteiger charge is -2.11. The molecule has 2 amide bonds. The van der Waals surface area contributed by atoms with Crippen molar-refractivity contribution in [1.29, 1.82) is 0 Å². The van der Waals surface area contributed by atoms with Crippen molar-refractivity contribution >= 4 is 22.5 Å². The van der Waals surface area contributed by atoms with Crippen LogP contribution in [0.1, 0.15) is 35.4 Å². The number of hydrogen-bond donors (Lipinski definition) is 2. The summed E-state index contributed by atoms with van der Waals surface area (Å²) in [6.07, 6.45) is 0.929. The molecule has 0 aliphatic carbocycles. The minimum atomic E-state index is -0.278. The van der Waals surface area contributed by atoms with Crippen molar-refractivity contribution < 1.29 is 4.79 Å². The Labute approximate surface area is 151 Å². The highest BCUT2D eigenvalue weighted by molar-refractivity contribution is 7.15. The van der Waals surface area contributed by atoms with Crippen LogP contribution in [0.25, 0.3) is 0 Å². The van der Waals surface area contributed by atoms with Gasteiger partial charge in [-0.05, 0) is 17.5 Å². The Morgan fingerprint density at radius 2 is 1.72 bits per heavy atom. The first-order chi connectivity index (χ1) is 12.3. The maximum atomic E-state index is 12.0. The van der Waals surface area contributed by atoms with E-state index in [1.54, 1.807) is 0 Å². The lowest BCUT2D eigenvalue weighted by molar-refractivity contribution is 0.251. The van der Waals surface area contributed by atoms with Crippen LogP contribution in [0.2, 0.25) is 0 Å². The van der Waals surface area contributed by atoms with Gasteiger partial charge in [0.15, 0.2) is 0 Å². The summed E-state index contributed by atoms with van der Waals surface area (Å²) in [4.78, 5) is 12.0. The molecule has 0 fully saturated rings. The Kier molecular flexibility index (Phi) is 5.74. The standard InChI is InChI=1S/C19H20N4OS/c1-2-16(15-11-7-4-8-12-15)17-22-23-19(25-17)21-18(24)20-13-14-9-5-3-6-10-14/h3-12,16H,2,13H2,1H3,(H2,20,21,23,24). The number of carbonyl (C=O) groups is 1. The van der Waals surface area contributed by atoms with Gasteiger partial charge in [0.1, 0.15) is 5.01 Å². The second kappa shape index (κ2) is 8.39. The summed E-state index contributed by atoms with van der Waals surface area (Å²) >= 11 is 1.42.